The Morgan fingerprint density at radius 1 is 1.21 bits per heavy atom. The minimum atomic E-state index is -0.445. The van der Waals surface area contributed by atoms with E-state index in [0.29, 0.717) is 28.4 Å². The third kappa shape index (κ3) is 2.15. The highest BCUT2D eigenvalue weighted by Crippen LogP contribution is 2.46. The van der Waals surface area contributed by atoms with Crippen molar-refractivity contribution < 1.29 is 9.59 Å². The topological polar surface area (TPSA) is 73.2 Å². The average molecular weight is 340 g/mol. The van der Waals surface area contributed by atoms with Crippen LogP contribution >= 0.6 is 11.6 Å². The van der Waals surface area contributed by atoms with Gasteiger partial charge in [-0.05, 0) is 30.5 Å². The van der Waals surface area contributed by atoms with Crippen LogP contribution in [0.1, 0.15) is 30.7 Å². The van der Waals surface area contributed by atoms with Gasteiger partial charge < -0.3 is 10.2 Å². The van der Waals surface area contributed by atoms with Crippen LogP contribution in [0.5, 0.6) is 0 Å². The third-order valence-corrected chi connectivity index (χ3v) is 4.99. The van der Waals surface area contributed by atoms with Crippen molar-refractivity contribution in [2.45, 2.75) is 25.2 Å². The molecule has 1 aromatic rings. The largest absolute Gasteiger partial charge is 0.321 e. The first-order valence-electron chi connectivity index (χ1n) is 7.83. The highest BCUT2D eigenvalue weighted by Gasteiger charge is 2.43. The Kier molecular flexibility index (Phi) is 3.43. The maximum Gasteiger partial charge on any atom is 0.245 e. The third-order valence-electron chi connectivity index (χ3n) is 4.74. The van der Waals surface area contributed by atoms with E-state index in [9.17, 15) is 14.9 Å². The molecule has 1 unspecified atom stereocenters. The normalized spacial score (nSPS) is 23.0. The van der Waals surface area contributed by atoms with Crippen LogP contribution in [0.3, 0.4) is 0 Å². The molecule has 2 heterocycles. The summed E-state index contributed by atoms with van der Waals surface area (Å²) in [5, 5.41) is 13.1. The van der Waals surface area contributed by atoms with Crippen LogP contribution in [0.2, 0.25) is 5.02 Å². The fraction of sp³-hybridized carbons (Fsp3) is 0.278. The monoisotopic (exact) mass is 339 g/mol. The summed E-state index contributed by atoms with van der Waals surface area (Å²) in [7, 11) is 0. The van der Waals surface area contributed by atoms with Crippen LogP contribution in [-0.2, 0) is 9.59 Å². The lowest BCUT2D eigenvalue weighted by Crippen LogP contribution is -2.34. The van der Waals surface area contributed by atoms with E-state index in [1.165, 1.54) is 0 Å². The molecule has 120 valence electrons. The van der Waals surface area contributed by atoms with Gasteiger partial charge in [-0.15, -0.1) is 0 Å². The number of amides is 1. The number of fused-ring (bicyclic) bond motifs is 2. The number of hydrogen-bond acceptors (Lipinski definition) is 4. The minimum Gasteiger partial charge on any atom is -0.321 e. The standard InChI is InChI=1S/C18H14ClN3O2/c19-11-6-4-10(5-7-11)16-12(8-20)18-21-15(24)9-22(18)13-2-1-3-14(23)17(13)16/h4-7,16H,1-3,9H2,(H,21,24). The first-order chi connectivity index (χ1) is 11.6. The quantitative estimate of drug-likeness (QED) is 0.853. The number of rotatable bonds is 1. The van der Waals surface area contributed by atoms with Crippen molar-refractivity contribution in [3.05, 3.63) is 57.5 Å². The number of allylic oxidation sites excluding steroid dienone is 3. The summed E-state index contributed by atoms with van der Waals surface area (Å²) in [6, 6.07) is 9.40. The Bertz CT molecular complexity index is 861. The van der Waals surface area contributed by atoms with E-state index < -0.39 is 5.92 Å². The van der Waals surface area contributed by atoms with Crippen LogP contribution < -0.4 is 5.32 Å². The van der Waals surface area contributed by atoms with Gasteiger partial charge in [-0.1, -0.05) is 23.7 Å². The summed E-state index contributed by atoms with van der Waals surface area (Å²) in [5.74, 6) is -0.0163. The van der Waals surface area contributed by atoms with Crippen LogP contribution in [-0.4, -0.2) is 23.1 Å². The number of benzene rings is 1. The fourth-order valence-corrected chi connectivity index (χ4v) is 3.87. The van der Waals surface area contributed by atoms with Gasteiger partial charge in [0.2, 0.25) is 5.91 Å². The molecule has 1 atom stereocenters. The van der Waals surface area contributed by atoms with Crippen molar-refractivity contribution in [3.8, 4) is 6.07 Å². The molecule has 0 radical (unpaired) electrons. The summed E-state index contributed by atoms with van der Waals surface area (Å²) in [4.78, 5) is 26.4. The number of nitriles is 1. The summed E-state index contributed by atoms with van der Waals surface area (Å²) in [6.07, 6.45) is 1.99. The number of carbonyl (C=O) groups is 2. The molecular weight excluding hydrogens is 326 g/mol. The lowest BCUT2D eigenvalue weighted by molar-refractivity contribution is -0.119. The zero-order chi connectivity index (χ0) is 16.8. The number of Topliss-reactive ketones (excluding diaryl/α,β-unsaturated/α-hetero) is 1. The molecule has 0 saturated carbocycles. The Morgan fingerprint density at radius 2 is 1.96 bits per heavy atom. The van der Waals surface area contributed by atoms with E-state index in [4.69, 9.17) is 11.6 Å². The van der Waals surface area contributed by atoms with Gasteiger partial charge >= 0.3 is 0 Å². The summed E-state index contributed by atoms with van der Waals surface area (Å²) >= 11 is 5.97. The number of nitrogens with zero attached hydrogens (tertiary/aromatic N) is 2. The van der Waals surface area contributed by atoms with Gasteiger partial charge in [0.05, 0.1) is 17.6 Å². The van der Waals surface area contributed by atoms with E-state index >= 15 is 0 Å². The Labute approximate surface area is 144 Å². The van der Waals surface area contributed by atoms with Crippen LogP contribution in [0.25, 0.3) is 0 Å². The average Bonchev–Trinajstić information content (AvgIpc) is 2.96. The molecule has 0 bridgehead atoms. The fourth-order valence-electron chi connectivity index (χ4n) is 3.75. The molecule has 0 spiro atoms. The lowest BCUT2D eigenvalue weighted by atomic mass is 9.76. The highest BCUT2D eigenvalue weighted by atomic mass is 35.5. The first kappa shape index (κ1) is 15.0. The molecule has 5 nitrogen and oxygen atoms in total. The summed E-state index contributed by atoms with van der Waals surface area (Å²) in [5.41, 5.74) is 2.78. The number of hydrogen-bond donors (Lipinski definition) is 1. The molecule has 1 saturated heterocycles. The van der Waals surface area contributed by atoms with Crippen LogP contribution in [0.4, 0.5) is 0 Å². The van der Waals surface area contributed by atoms with Crippen molar-refractivity contribution in [2.24, 2.45) is 0 Å². The smallest absolute Gasteiger partial charge is 0.245 e. The van der Waals surface area contributed by atoms with Crippen LogP contribution in [0.15, 0.2) is 46.9 Å². The Morgan fingerprint density at radius 3 is 2.67 bits per heavy atom. The van der Waals surface area contributed by atoms with Gasteiger partial charge in [0.25, 0.3) is 0 Å². The Hall–Kier alpha value is -2.58. The van der Waals surface area contributed by atoms with Crippen LogP contribution in [0, 0.1) is 11.3 Å². The minimum absolute atomic E-state index is 0.0577. The molecule has 1 fully saturated rings. The van der Waals surface area contributed by atoms with Gasteiger partial charge in [0.15, 0.2) is 5.78 Å². The molecule has 1 aliphatic carbocycles. The maximum absolute atomic E-state index is 12.7. The first-order valence-corrected chi connectivity index (χ1v) is 8.21. The van der Waals surface area contributed by atoms with Gasteiger partial charge in [0.1, 0.15) is 12.4 Å². The van der Waals surface area contributed by atoms with Crippen molar-refractivity contribution >= 4 is 23.3 Å². The SMILES string of the molecule is N#CC1=C2NC(=O)CN2C2=C(C(=O)CCC2)C1c1ccc(Cl)cc1. The van der Waals surface area contributed by atoms with E-state index in [0.717, 1.165) is 24.1 Å². The molecule has 3 aliphatic rings. The van der Waals surface area contributed by atoms with Crippen molar-refractivity contribution in [1.29, 1.82) is 5.26 Å². The molecular formula is C18H14ClN3O2. The summed E-state index contributed by atoms with van der Waals surface area (Å²) in [6.45, 7) is 0.167. The van der Waals surface area contributed by atoms with Crippen molar-refractivity contribution in [1.82, 2.24) is 10.2 Å². The molecule has 24 heavy (non-hydrogen) atoms. The van der Waals surface area contributed by atoms with Gasteiger partial charge in [-0.2, -0.15) is 5.26 Å². The number of halogens is 1. The lowest BCUT2D eigenvalue weighted by Gasteiger charge is -2.36. The predicted molar refractivity (Wildman–Crippen MR) is 87.6 cm³/mol. The molecule has 2 aliphatic heterocycles. The molecule has 4 rings (SSSR count). The van der Waals surface area contributed by atoms with E-state index in [1.54, 1.807) is 17.0 Å². The molecule has 1 amide bonds. The molecule has 0 aromatic heterocycles. The van der Waals surface area contributed by atoms with Gasteiger partial charge in [-0.25, -0.2) is 0 Å². The predicted octanol–water partition coefficient (Wildman–Crippen LogP) is 2.61. The molecule has 1 N–H and O–H groups in total. The summed E-state index contributed by atoms with van der Waals surface area (Å²) < 4.78 is 0. The second-order valence-corrected chi connectivity index (χ2v) is 6.57. The van der Waals surface area contributed by atoms with Gasteiger partial charge in [-0.3, -0.25) is 9.59 Å². The second kappa shape index (κ2) is 5.50. The van der Waals surface area contributed by atoms with E-state index in [2.05, 4.69) is 11.4 Å². The molecule has 1 aromatic carbocycles. The zero-order valence-corrected chi connectivity index (χ0v) is 13.6. The molecule has 6 heteroatoms. The van der Waals surface area contributed by atoms with Crippen molar-refractivity contribution in [2.75, 3.05) is 6.54 Å². The van der Waals surface area contributed by atoms with E-state index in [1.807, 2.05) is 12.1 Å². The number of nitrogens with one attached hydrogen (secondary N) is 1. The zero-order valence-electron chi connectivity index (χ0n) is 12.8. The van der Waals surface area contributed by atoms with Crippen molar-refractivity contribution in [3.63, 3.8) is 0 Å². The highest BCUT2D eigenvalue weighted by molar-refractivity contribution is 6.30. The second-order valence-electron chi connectivity index (χ2n) is 6.13. The number of carbonyl (C=O) groups excluding carboxylic acids is 2. The number of ketones is 1. The van der Waals surface area contributed by atoms with Gasteiger partial charge in [0, 0.05) is 22.7 Å². The van der Waals surface area contributed by atoms with E-state index in [-0.39, 0.29) is 18.2 Å². The Balaban J connectivity index is 1.95. The maximum atomic E-state index is 12.7.